The molecule has 0 aromatic rings. The van der Waals surface area contributed by atoms with E-state index in [0.717, 1.165) is 0 Å². The summed E-state index contributed by atoms with van der Waals surface area (Å²) in [5, 5.41) is 2.47. The molecular weight excluding hydrogens is 148 g/mol. The van der Waals surface area contributed by atoms with Crippen LogP contribution in [-0.2, 0) is 14.3 Å². The molecule has 0 radical (unpaired) electrons. The van der Waals surface area contributed by atoms with Crippen LogP contribution in [0, 0.1) is 0 Å². The van der Waals surface area contributed by atoms with Gasteiger partial charge in [-0.1, -0.05) is 0 Å². The Morgan fingerprint density at radius 1 is 1.55 bits per heavy atom. The molecule has 64 valence electrons. The van der Waals surface area contributed by atoms with Crippen molar-refractivity contribution >= 4 is 11.9 Å². The Bertz CT molecular complexity index is 147. The summed E-state index contributed by atoms with van der Waals surface area (Å²) in [6.45, 7) is 1.78. The molecule has 0 aliphatic rings. The summed E-state index contributed by atoms with van der Waals surface area (Å²) < 4.78 is 4.56. The van der Waals surface area contributed by atoms with Crippen LogP contribution in [0.15, 0.2) is 0 Å². The van der Waals surface area contributed by atoms with E-state index >= 15 is 0 Å². The van der Waals surface area contributed by atoms with Crippen LogP contribution < -0.4 is 11.1 Å². The molecule has 3 N–H and O–H groups in total. The van der Waals surface area contributed by atoms with E-state index < -0.39 is 5.97 Å². The van der Waals surface area contributed by atoms with E-state index in [2.05, 4.69) is 10.1 Å². The average Bonchev–Trinajstić information content (AvgIpc) is 1.97. The van der Waals surface area contributed by atoms with Crippen LogP contribution in [0.1, 0.15) is 6.92 Å². The Labute approximate surface area is 64.9 Å². The number of nitrogens with two attached hydrogens (primary N) is 1. The molecule has 0 unspecified atom stereocenters. The van der Waals surface area contributed by atoms with E-state index in [-0.39, 0.29) is 19.1 Å². The lowest BCUT2D eigenvalue weighted by Crippen LogP contribution is -2.27. The number of nitrogens with one attached hydrogen (secondary N) is 1. The van der Waals surface area contributed by atoms with Gasteiger partial charge in [0.05, 0.1) is 13.1 Å². The minimum atomic E-state index is -0.463. The number of carbonyl (C=O) groups excluding carboxylic acids is 2. The molecule has 0 rings (SSSR count). The quantitative estimate of drug-likeness (QED) is 0.392. The first-order valence-corrected chi connectivity index (χ1v) is 3.27. The van der Waals surface area contributed by atoms with Crippen molar-refractivity contribution in [3.05, 3.63) is 0 Å². The van der Waals surface area contributed by atoms with Crippen molar-refractivity contribution in [3.8, 4) is 0 Å². The smallest absolute Gasteiger partial charge is 0.319 e. The lowest BCUT2D eigenvalue weighted by atomic mass is 10.6. The molecule has 0 saturated carbocycles. The highest BCUT2D eigenvalue weighted by Gasteiger charge is 1.97. The Balaban J connectivity index is 3.14. The summed E-state index contributed by atoms with van der Waals surface area (Å²) in [6.07, 6.45) is 0. The number of carbonyl (C=O) groups is 2. The van der Waals surface area contributed by atoms with Gasteiger partial charge in [0.25, 0.3) is 0 Å². The Hall–Kier alpha value is -1.10. The molecule has 0 aliphatic heterocycles. The molecule has 0 atom stereocenters. The third-order valence-electron chi connectivity index (χ3n) is 0.906. The molecule has 0 spiro atoms. The maximum absolute atomic E-state index is 10.4. The van der Waals surface area contributed by atoms with Gasteiger partial charge < -0.3 is 15.8 Å². The zero-order valence-corrected chi connectivity index (χ0v) is 6.42. The minimum absolute atomic E-state index is 0.125. The van der Waals surface area contributed by atoms with Gasteiger partial charge in [-0.05, 0) is 0 Å². The highest BCUT2D eigenvalue weighted by Crippen LogP contribution is 1.73. The predicted molar refractivity (Wildman–Crippen MR) is 38.7 cm³/mol. The first-order chi connectivity index (χ1) is 5.16. The number of rotatable bonds is 4. The van der Waals surface area contributed by atoms with Crippen LogP contribution in [0.5, 0.6) is 0 Å². The molecular formula is C6H12N2O3. The van der Waals surface area contributed by atoms with Gasteiger partial charge in [0.2, 0.25) is 5.91 Å². The first-order valence-electron chi connectivity index (χ1n) is 3.27. The van der Waals surface area contributed by atoms with Gasteiger partial charge in [0.1, 0.15) is 6.61 Å². The van der Waals surface area contributed by atoms with E-state index in [0.29, 0.717) is 6.54 Å². The van der Waals surface area contributed by atoms with Crippen LogP contribution in [0.4, 0.5) is 0 Å². The SMILES string of the molecule is CC(=O)NCCOC(=O)CN. The van der Waals surface area contributed by atoms with Crippen molar-refractivity contribution in [2.45, 2.75) is 6.92 Å². The summed E-state index contributed by atoms with van der Waals surface area (Å²) in [7, 11) is 0. The van der Waals surface area contributed by atoms with Gasteiger partial charge in [-0.25, -0.2) is 0 Å². The maximum atomic E-state index is 10.4. The fourth-order valence-electron chi connectivity index (χ4n) is 0.451. The van der Waals surface area contributed by atoms with E-state index in [1.165, 1.54) is 6.92 Å². The summed E-state index contributed by atoms with van der Waals surface area (Å²) >= 11 is 0. The number of esters is 1. The van der Waals surface area contributed by atoms with Gasteiger partial charge in [-0.2, -0.15) is 0 Å². The normalized spacial score (nSPS) is 8.91. The van der Waals surface area contributed by atoms with E-state index in [1.807, 2.05) is 0 Å². The molecule has 5 nitrogen and oxygen atoms in total. The van der Waals surface area contributed by atoms with Crippen molar-refractivity contribution in [3.63, 3.8) is 0 Å². The second-order valence-corrected chi connectivity index (χ2v) is 1.91. The highest BCUT2D eigenvalue weighted by atomic mass is 16.5. The molecule has 0 aromatic heterocycles. The molecule has 11 heavy (non-hydrogen) atoms. The second kappa shape index (κ2) is 5.67. The van der Waals surface area contributed by atoms with E-state index in [1.54, 1.807) is 0 Å². The van der Waals surface area contributed by atoms with Crippen molar-refractivity contribution in [2.24, 2.45) is 5.73 Å². The van der Waals surface area contributed by atoms with Crippen LogP contribution in [0.3, 0.4) is 0 Å². The average molecular weight is 160 g/mol. The molecule has 0 aliphatic carbocycles. The number of amides is 1. The molecule has 0 saturated heterocycles. The lowest BCUT2D eigenvalue weighted by Gasteiger charge is -2.02. The molecule has 0 heterocycles. The Morgan fingerprint density at radius 3 is 2.64 bits per heavy atom. The van der Waals surface area contributed by atoms with E-state index in [4.69, 9.17) is 5.73 Å². The number of ether oxygens (including phenoxy) is 1. The van der Waals surface area contributed by atoms with Gasteiger partial charge in [0, 0.05) is 6.92 Å². The van der Waals surface area contributed by atoms with E-state index in [9.17, 15) is 9.59 Å². The summed E-state index contributed by atoms with van der Waals surface area (Å²) in [5.41, 5.74) is 4.95. The zero-order chi connectivity index (χ0) is 8.69. The summed E-state index contributed by atoms with van der Waals surface area (Å²) in [4.78, 5) is 20.7. The maximum Gasteiger partial charge on any atom is 0.319 e. The molecule has 0 bridgehead atoms. The Kier molecular flexibility index (Phi) is 5.10. The van der Waals surface area contributed by atoms with Crippen molar-refractivity contribution in [1.82, 2.24) is 5.32 Å². The van der Waals surface area contributed by atoms with Gasteiger partial charge in [-0.3, -0.25) is 9.59 Å². The summed E-state index contributed by atoms with van der Waals surface area (Å²) in [6, 6.07) is 0. The Morgan fingerprint density at radius 2 is 2.18 bits per heavy atom. The monoisotopic (exact) mass is 160 g/mol. The van der Waals surface area contributed by atoms with Crippen LogP contribution in [0.25, 0.3) is 0 Å². The van der Waals surface area contributed by atoms with Crippen molar-refractivity contribution in [1.29, 1.82) is 0 Å². The molecule has 1 amide bonds. The number of hydrogen-bond donors (Lipinski definition) is 2. The lowest BCUT2D eigenvalue weighted by molar-refractivity contribution is -0.142. The van der Waals surface area contributed by atoms with Crippen LogP contribution in [-0.4, -0.2) is 31.6 Å². The van der Waals surface area contributed by atoms with Crippen LogP contribution >= 0.6 is 0 Å². The van der Waals surface area contributed by atoms with Crippen molar-refractivity contribution in [2.75, 3.05) is 19.7 Å². The summed E-state index contributed by atoms with van der Waals surface area (Å²) in [5.74, 6) is -0.607. The molecule has 5 heteroatoms. The standard InChI is InChI=1S/C6H12N2O3/c1-5(9)8-2-3-11-6(10)4-7/h2-4,7H2,1H3,(H,8,9). The second-order valence-electron chi connectivity index (χ2n) is 1.91. The first kappa shape index (κ1) is 9.90. The minimum Gasteiger partial charge on any atom is -0.463 e. The largest absolute Gasteiger partial charge is 0.463 e. The third kappa shape index (κ3) is 6.79. The predicted octanol–water partition coefficient (Wildman–Crippen LogP) is -1.38. The van der Waals surface area contributed by atoms with Crippen LogP contribution in [0.2, 0.25) is 0 Å². The van der Waals surface area contributed by atoms with Crippen molar-refractivity contribution < 1.29 is 14.3 Å². The molecule has 0 fully saturated rings. The fourth-order valence-corrected chi connectivity index (χ4v) is 0.451. The third-order valence-corrected chi connectivity index (χ3v) is 0.906. The molecule has 0 aromatic carbocycles. The fraction of sp³-hybridized carbons (Fsp3) is 0.667. The van der Waals surface area contributed by atoms with Gasteiger partial charge in [-0.15, -0.1) is 0 Å². The highest BCUT2D eigenvalue weighted by molar-refractivity contribution is 5.73. The van der Waals surface area contributed by atoms with Gasteiger partial charge in [0.15, 0.2) is 0 Å². The number of hydrogen-bond acceptors (Lipinski definition) is 4. The topological polar surface area (TPSA) is 81.4 Å². The van der Waals surface area contributed by atoms with Gasteiger partial charge >= 0.3 is 5.97 Å². The zero-order valence-electron chi connectivity index (χ0n) is 6.42.